The molecule has 2 unspecified atom stereocenters. The fraction of sp³-hybridized carbons (Fsp3) is 0.118. The average molecular weight is 342 g/mol. The van der Waals surface area contributed by atoms with Crippen molar-refractivity contribution in [1.82, 2.24) is 0 Å². The van der Waals surface area contributed by atoms with Gasteiger partial charge in [0.05, 0.1) is 0 Å². The number of carboxylic acids is 1. The number of nitrogens with one attached hydrogen (secondary N) is 2. The van der Waals surface area contributed by atoms with Crippen molar-refractivity contribution in [2.45, 2.75) is 11.6 Å². The molecular weight excluding hydrogens is 324 g/mol. The Morgan fingerprint density at radius 3 is 2.48 bits per heavy atom. The SMILES string of the molecule is N=C(N)Nc1cccc(C(Oc2ccccc2)(C(=O)O)C(N)C=O)c1. The number of para-hydroxylation sites is 1. The summed E-state index contributed by atoms with van der Waals surface area (Å²) in [4.78, 5) is 23.5. The molecule has 7 N–H and O–H groups in total. The third-order valence-electron chi connectivity index (χ3n) is 3.53. The summed E-state index contributed by atoms with van der Waals surface area (Å²) in [6.07, 6.45) is 0.322. The molecule has 0 spiro atoms. The molecule has 0 heterocycles. The van der Waals surface area contributed by atoms with Gasteiger partial charge < -0.3 is 31.4 Å². The third kappa shape index (κ3) is 3.75. The molecule has 2 rings (SSSR count). The fourth-order valence-corrected chi connectivity index (χ4v) is 2.38. The van der Waals surface area contributed by atoms with Crippen LogP contribution in [-0.2, 0) is 15.2 Å². The van der Waals surface area contributed by atoms with Gasteiger partial charge in [-0.25, -0.2) is 4.79 Å². The van der Waals surface area contributed by atoms with Crippen molar-refractivity contribution < 1.29 is 19.4 Å². The van der Waals surface area contributed by atoms with Gasteiger partial charge in [0.15, 0.2) is 5.96 Å². The van der Waals surface area contributed by atoms with Crippen LogP contribution >= 0.6 is 0 Å². The van der Waals surface area contributed by atoms with Crippen molar-refractivity contribution in [3.05, 3.63) is 60.2 Å². The Labute approximate surface area is 143 Å². The molecule has 8 heteroatoms. The maximum Gasteiger partial charge on any atom is 0.355 e. The van der Waals surface area contributed by atoms with Crippen LogP contribution in [0.15, 0.2) is 54.6 Å². The second-order valence-corrected chi connectivity index (χ2v) is 5.24. The summed E-state index contributed by atoms with van der Waals surface area (Å²) in [5, 5.41) is 19.7. The summed E-state index contributed by atoms with van der Waals surface area (Å²) in [6, 6.07) is 12.8. The van der Waals surface area contributed by atoms with E-state index in [0.717, 1.165) is 0 Å². The Kier molecular flexibility index (Phi) is 5.35. The smallest absolute Gasteiger partial charge is 0.355 e. The molecule has 0 amide bonds. The van der Waals surface area contributed by atoms with Gasteiger partial charge in [-0.05, 0) is 24.3 Å². The van der Waals surface area contributed by atoms with Crippen LogP contribution < -0.4 is 21.5 Å². The zero-order valence-corrected chi connectivity index (χ0v) is 13.2. The lowest BCUT2D eigenvalue weighted by Gasteiger charge is -2.33. The number of hydrogen-bond donors (Lipinski definition) is 5. The van der Waals surface area contributed by atoms with Gasteiger partial charge in [0.25, 0.3) is 5.60 Å². The molecule has 2 aromatic rings. The summed E-state index contributed by atoms with van der Waals surface area (Å²) >= 11 is 0. The minimum absolute atomic E-state index is 0.134. The summed E-state index contributed by atoms with van der Waals surface area (Å²) in [7, 11) is 0. The normalized spacial score (nSPS) is 14.0. The number of aliphatic carboxylic acids is 1. The van der Waals surface area contributed by atoms with E-state index in [-0.39, 0.29) is 17.3 Å². The van der Waals surface area contributed by atoms with Crippen LogP contribution in [0, 0.1) is 5.41 Å². The lowest BCUT2D eigenvalue weighted by Crippen LogP contribution is -2.56. The molecule has 0 aliphatic carbocycles. The largest absolute Gasteiger partial charge is 0.478 e. The molecule has 8 nitrogen and oxygen atoms in total. The summed E-state index contributed by atoms with van der Waals surface area (Å²) in [6.45, 7) is 0. The summed E-state index contributed by atoms with van der Waals surface area (Å²) < 4.78 is 5.69. The first-order valence-corrected chi connectivity index (χ1v) is 7.30. The van der Waals surface area contributed by atoms with Crippen LogP contribution in [0.3, 0.4) is 0 Å². The molecule has 0 saturated carbocycles. The molecule has 25 heavy (non-hydrogen) atoms. The Morgan fingerprint density at radius 2 is 1.92 bits per heavy atom. The highest BCUT2D eigenvalue weighted by atomic mass is 16.5. The maximum absolute atomic E-state index is 12.1. The molecule has 0 aromatic heterocycles. The minimum atomic E-state index is -2.14. The van der Waals surface area contributed by atoms with Crippen LogP contribution in [0.5, 0.6) is 5.75 Å². The van der Waals surface area contributed by atoms with E-state index in [0.29, 0.717) is 12.0 Å². The first-order chi connectivity index (χ1) is 11.9. The number of carbonyl (C=O) groups excluding carboxylic acids is 1. The Morgan fingerprint density at radius 1 is 1.24 bits per heavy atom. The first kappa shape index (κ1) is 18.0. The standard InChI is InChI=1S/C17H18N4O4/c18-14(10-22)17(15(23)24,25-13-7-2-1-3-8-13)11-5-4-6-12(9-11)21-16(19)20/h1-10,14H,18H2,(H,23,24)(H4,19,20,21). The average Bonchev–Trinajstić information content (AvgIpc) is 2.59. The minimum Gasteiger partial charge on any atom is -0.478 e. The number of carbonyl (C=O) groups is 2. The van der Waals surface area contributed by atoms with E-state index in [1.807, 2.05) is 0 Å². The van der Waals surface area contributed by atoms with Gasteiger partial charge in [-0.3, -0.25) is 5.41 Å². The number of rotatable bonds is 7. The number of guanidine groups is 1. The Bertz CT molecular complexity index is 781. The molecule has 0 aliphatic rings. The molecule has 0 aliphatic heterocycles. The highest BCUT2D eigenvalue weighted by Crippen LogP contribution is 2.32. The van der Waals surface area contributed by atoms with Gasteiger partial charge in [0.2, 0.25) is 0 Å². The van der Waals surface area contributed by atoms with Gasteiger partial charge in [0.1, 0.15) is 18.1 Å². The van der Waals surface area contributed by atoms with E-state index in [4.69, 9.17) is 21.6 Å². The lowest BCUT2D eigenvalue weighted by molar-refractivity contribution is -0.159. The lowest BCUT2D eigenvalue weighted by atomic mass is 9.86. The fourth-order valence-electron chi connectivity index (χ4n) is 2.38. The number of carboxylic acid groups (broad SMARTS) is 1. The highest BCUT2D eigenvalue weighted by Gasteiger charge is 2.49. The quantitative estimate of drug-likeness (QED) is 0.284. The topological polar surface area (TPSA) is 152 Å². The number of ether oxygens (including phenoxy) is 1. The molecule has 0 saturated heterocycles. The molecular formula is C17H18N4O4. The van der Waals surface area contributed by atoms with Crippen molar-refractivity contribution in [3.8, 4) is 5.75 Å². The maximum atomic E-state index is 12.1. The molecule has 2 atom stereocenters. The number of anilines is 1. The zero-order chi connectivity index (χ0) is 18.4. The predicted molar refractivity (Wildman–Crippen MR) is 92.4 cm³/mol. The van der Waals surface area contributed by atoms with E-state index in [1.54, 1.807) is 42.5 Å². The van der Waals surface area contributed by atoms with Crippen LogP contribution in [0.25, 0.3) is 0 Å². The number of hydrogen-bond acceptors (Lipinski definition) is 5. The van der Waals surface area contributed by atoms with E-state index < -0.39 is 17.6 Å². The van der Waals surface area contributed by atoms with Crippen molar-refractivity contribution in [2.24, 2.45) is 11.5 Å². The second-order valence-electron chi connectivity index (χ2n) is 5.24. The Balaban J connectivity index is 2.59. The number of aldehydes is 1. The van der Waals surface area contributed by atoms with Gasteiger partial charge >= 0.3 is 5.97 Å². The van der Waals surface area contributed by atoms with Crippen LogP contribution in [0.1, 0.15) is 5.56 Å². The highest BCUT2D eigenvalue weighted by molar-refractivity contribution is 5.91. The van der Waals surface area contributed by atoms with Crippen molar-refractivity contribution in [1.29, 1.82) is 5.41 Å². The van der Waals surface area contributed by atoms with Gasteiger partial charge in [0, 0.05) is 11.3 Å². The second kappa shape index (κ2) is 7.45. The van der Waals surface area contributed by atoms with E-state index in [9.17, 15) is 14.7 Å². The molecule has 130 valence electrons. The van der Waals surface area contributed by atoms with Crippen LogP contribution in [0.2, 0.25) is 0 Å². The molecule has 2 aromatic carbocycles. The predicted octanol–water partition coefficient (Wildman–Crippen LogP) is 0.877. The van der Waals surface area contributed by atoms with E-state index in [2.05, 4.69) is 5.32 Å². The summed E-state index contributed by atoms with van der Waals surface area (Å²) in [5.74, 6) is -1.50. The zero-order valence-electron chi connectivity index (χ0n) is 13.2. The monoisotopic (exact) mass is 342 g/mol. The van der Waals surface area contributed by atoms with Crippen molar-refractivity contribution in [2.75, 3.05) is 5.32 Å². The van der Waals surface area contributed by atoms with Gasteiger partial charge in [-0.2, -0.15) is 0 Å². The number of nitrogens with two attached hydrogens (primary N) is 2. The Hall–Kier alpha value is -3.39. The van der Waals surface area contributed by atoms with Gasteiger partial charge in [-0.1, -0.05) is 30.3 Å². The summed E-state index contributed by atoms with van der Waals surface area (Å²) in [5.41, 5.74) is 9.48. The molecule has 0 fully saturated rings. The third-order valence-corrected chi connectivity index (χ3v) is 3.53. The van der Waals surface area contributed by atoms with Crippen LogP contribution in [-0.4, -0.2) is 29.4 Å². The van der Waals surface area contributed by atoms with Crippen LogP contribution in [0.4, 0.5) is 5.69 Å². The molecule has 0 bridgehead atoms. The first-order valence-electron chi connectivity index (χ1n) is 7.30. The van der Waals surface area contributed by atoms with E-state index in [1.165, 1.54) is 12.1 Å². The van der Waals surface area contributed by atoms with Crippen molar-refractivity contribution >= 4 is 23.9 Å². The molecule has 0 radical (unpaired) electrons. The van der Waals surface area contributed by atoms with Crippen molar-refractivity contribution in [3.63, 3.8) is 0 Å². The van der Waals surface area contributed by atoms with Gasteiger partial charge in [-0.15, -0.1) is 0 Å². The number of benzene rings is 2. The van der Waals surface area contributed by atoms with E-state index >= 15 is 0 Å².